The Bertz CT molecular complexity index is 1070. The van der Waals surface area contributed by atoms with Gasteiger partial charge < -0.3 is 4.74 Å². The van der Waals surface area contributed by atoms with Crippen LogP contribution in [0.25, 0.3) is 21.5 Å². The molecule has 0 saturated heterocycles. The molecule has 0 radical (unpaired) electrons. The first-order chi connectivity index (χ1) is 12.7. The SMILES string of the molecule is O=C(COC(=O)c1cc(-c2cccs2)nc2ccccc12)c1nccs1. The summed E-state index contributed by atoms with van der Waals surface area (Å²) >= 11 is 2.77. The van der Waals surface area contributed by atoms with Gasteiger partial charge in [-0.1, -0.05) is 24.3 Å². The lowest BCUT2D eigenvalue weighted by Crippen LogP contribution is -2.14. The monoisotopic (exact) mass is 380 g/mol. The van der Waals surface area contributed by atoms with Crippen LogP contribution in [0.3, 0.4) is 0 Å². The second kappa shape index (κ2) is 7.15. The van der Waals surface area contributed by atoms with Gasteiger partial charge in [-0.05, 0) is 23.6 Å². The van der Waals surface area contributed by atoms with Crippen molar-refractivity contribution in [2.45, 2.75) is 0 Å². The molecule has 5 nitrogen and oxygen atoms in total. The number of hydrogen-bond acceptors (Lipinski definition) is 7. The highest BCUT2D eigenvalue weighted by Crippen LogP contribution is 2.28. The summed E-state index contributed by atoms with van der Waals surface area (Å²) in [5.41, 5.74) is 1.81. The van der Waals surface area contributed by atoms with Gasteiger partial charge in [-0.15, -0.1) is 22.7 Å². The number of carbonyl (C=O) groups excluding carboxylic acids is 2. The van der Waals surface area contributed by atoms with Crippen LogP contribution in [-0.4, -0.2) is 28.3 Å². The normalized spacial score (nSPS) is 10.8. The van der Waals surface area contributed by atoms with Gasteiger partial charge in [0.15, 0.2) is 11.6 Å². The van der Waals surface area contributed by atoms with Crippen LogP contribution in [0.5, 0.6) is 0 Å². The van der Waals surface area contributed by atoms with Gasteiger partial charge >= 0.3 is 5.97 Å². The van der Waals surface area contributed by atoms with Crippen molar-refractivity contribution in [1.82, 2.24) is 9.97 Å². The Morgan fingerprint density at radius 3 is 2.69 bits per heavy atom. The van der Waals surface area contributed by atoms with E-state index >= 15 is 0 Å². The number of carbonyl (C=O) groups is 2. The summed E-state index contributed by atoms with van der Waals surface area (Å²) in [6.07, 6.45) is 1.55. The van der Waals surface area contributed by atoms with E-state index in [1.165, 1.54) is 11.3 Å². The molecular weight excluding hydrogens is 368 g/mol. The molecule has 0 atom stereocenters. The number of fused-ring (bicyclic) bond motifs is 1. The zero-order valence-electron chi connectivity index (χ0n) is 13.4. The fraction of sp³-hybridized carbons (Fsp3) is 0.0526. The highest BCUT2D eigenvalue weighted by Gasteiger charge is 2.18. The lowest BCUT2D eigenvalue weighted by Gasteiger charge is -2.08. The lowest BCUT2D eigenvalue weighted by atomic mass is 10.1. The second-order valence-corrected chi connectivity index (χ2v) is 7.23. The molecule has 128 valence electrons. The fourth-order valence-electron chi connectivity index (χ4n) is 2.53. The van der Waals surface area contributed by atoms with Gasteiger partial charge in [-0.25, -0.2) is 14.8 Å². The van der Waals surface area contributed by atoms with Gasteiger partial charge in [-0.3, -0.25) is 4.79 Å². The number of ether oxygens (including phenoxy) is 1. The predicted octanol–water partition coefficient (Wildman–Crippen LogP) is 4.46. The number of esters is 1. The quantitative estimate of drug-likeness (QED) is 0.378. The van der Waals surface area contributed by atoms with E-state index in [2.05, 4.69) is 9.97 Å². The molecule has 0 fully saturated rings. The van der Waals surface area contributed by atoms with Crippen molar-refractivity contribution in [2.75, 3.05) is 6.61 Å². The van der Waals surface area contributed by atoms with Crippen LogP contribution in [0, 0.1) is 0 Å². The molecule has 1 aromatic carbocycles. The summed E-state index contributed by atoms with van der Waals surface area (Å²) in [5.74, 6) is -0.864. The minimum atomic E-state index is -0.550. The maximum absolute atomic E-state index is 12.6. The zero-order chi connectivity index (χ0) is 17.9. The van der Waals surface area contributed by atoms with Crippen LogP contribution in [0.4, 0.5) is 0 Å². The van der Waals surface area contributed by atoms with Gasteiger partial charge in [0.2, 0.25) is 5.78 Å². The van der Waals surface area contributed by atoms with Crippen LogP contribution >= 0.6 is 22.7 Å². The first kappa shape index (κ1) is 16.6. The van der Waals surface area contributed by atoms with E-state index in [-0.39, 0.29) is 12.4 Å². The van der Waals surface area contributed by atoms with Gasteiger partial charge in [0.05, 0.1) is 21.7 Å². The maximum Gasteiger partial charge on any atom is 0.339 e. The average molecular weight is 380 g/mol. The second-order valence-electron chi connectivity index (χ2n) is 5.39. The summed E-state index contributed by atoms with van der Waals surface area (Å²) in [6, 6.07) is 13.0. The summed E-state index contributed by atoms with van der Waals surface area (Å²) in [7, 11) is 0. The number of aromatic nitrogens is 2. The van der Waals surface area contributed by atoms with Crippen molar-refractivity contribution in [1.29, 1.82) is 0 Å². The summed E-state index contributed by atoms with van der Waals surface area (Å²) in [6.45, 7) is -0.336. The molecule has 0 N–H and O–H groups in total. The molecule has 0 spiro atoms. The van der Waals surface area contributed by atoms with E-state index in [0.717, 1.165) is 4.88 Å². The highest BCUT2D eigenvalue weighted by atomic mass is 32.1. The van der Waals surface area contributed by atoms with E-state index in [0.29, 0.717) is 27.2 Å². The first-order valence-corrected chi connectivity index (χ1v) is 9.52. The van der Waals surface area contributed by atoms with Crippen LogP contribution in [-0.2, 0) is 4.74 Å². The molecule has 0 saturated carbocycles. The number of nitrogens with zero attached hydrogens (tertiary/aromatic N) is 2. The minimum Gasteiger partial charge on any atom is -0.454 e. The lowest BCUT2D eigenvalue weighted by molar-refractivity contribution is 0.0476. The third-order valence-corrected chi connectivity index (χ3v) is 5.42. The van der Waals surface area contributed by atoms with E-state index in [4.69, 9.17) is 4.74 Å². The summed E-state index contributed by atoms with van der Waals surface area (Å²) in [4.78, 5) is 34.2. The van der Waals surface area contributed by atoms with Gasteiger partial charge in [0.1, 0.15) is 0 Å². The Balaban J connectivity index is 1.66. The topological polar surface area (TPSA) is 69.2 Å². The van der Waals surface area contributed by atoms with E-state index < -0.39 is 5.97 Å². The van der Waals surface area contributed by atoms with Crippen molar-refractivity contribution in [3.05, 3.63) is 70.0 Å². The Morgan fingerprint density at radius 1 is 1.04 bits per heavy atom. The number of rotatable bonds is 5. The molecule has 0 bridgehead atoms. The number of pyridine rings is 1. The molecule has 4 rings (SSSR count). The number of benzene rings is 1. The average Bonchev–Trinajstić information content (AvgIpc) is 3.38. The number of ketones is 1. The first-order valence-electron chi connectivity index (χ1n) is 7.76. The molecule has 7 heteroatoms. The third-order valence-electron chi connectivity index (χ3n) is 3.71. The molecule has 0 aliphatic carbocycles. The number of Topliss-reactive ketones (excluding diaryl/α,β-unsaturated/α-hetero) is 1. The van der Waals surface area contributed by atoms with Crippen molar-refractivity contribution >= 4 is 45.3 Å². The Hall–Kier alpha value is -2.90. The summed E-state index contributed by atoms with van der Waals surface area (Å²) in [5, 5.41) is 4.69. The molecule has 26 heavy (non-hydrogen) atoms. The third kappa shape index (κ3) is 3.26. The highest BCUT2D eigenvalue weighted by molar-refractivity contribution is 7.13. The smallest absolute Gasteiger partial charge is 0.339 e. The molecule has 0 aliphatic rings. The van der Waals surface area contributed by atoms with Crippen molar-refractivity contribution in [3.63, 3.8) is 0 Å². The molecule has 3 heterocycles. The predicted molar refractivity (Wildman–Crippen MR) is 102 cm³/mol. The Kier molecular flexibility index (Phi) is 4.55. The fourth-order valence-corrected chi connectivity index (χ4v) is 3.78. The summed E-state index contributed by atoms with van der Waals surface area (Å²) < 4.78 is 5.25. The minimum absolute atomic E-state index is 0.315. The number of thiophene rings is 1. The molecular formula is C19H12N2O3S2. The van der Waals surface area contributed by atoms with Crippen molar-refractivity contribution < 1.29 is 14.3 Å². The van der Waals surface area contributed by atoms with Gasteiger partial charge in [0, 0.05) is 17.0 Å². The van der Waals surface area contributed by atoms with Gasteiger partial charge in [-0.2, -0.15) is 0 Å². The van der Waals surface area contributed by atoms with Crippen LogP contribution < -0.4 is 0 Å². The van der Waals surface area contributed by atoms with Crippen LogP contribution in [0.1, 0.15) is 20.2 Å². The Labute approximate surface area is 156 Å². The van der Waals surface area contributed by atoms with E-state index in [1.54, 1.807) is 29.0 Å². The Morgan fingerprint density at radius 2 is 1.92 bits per heavy atom. The number of hydrogen-bond donors (Lipinski definition) is 0. The standard InChI is InChI=1S/C19H12N2O3S2/c22-16(18-20-7-9-26-18)11-24-19(23)13-10-15(17-6-3-8-25-17)21-14-5-2-1-4-12(13)14/h1-10H,11H2. The molecule has 3 aromatic heterocycles. The number of para-hydroxylation sites is 1. The largest absolute Gasteiger partial charge is 0.454 e. The molecule has 4 aromatic rings. The number of thiazole rings is 1. The van der Waals surface area contributed by atoms with Crippen LogP contribution in [0.15, 0.2) is 59.4 Å². The zero-order valence-corrected chi connectivity index (χ0v) is 15.0. The van der Waals surface area contributed by atoms with Crippen molar-refractivity contribution in [3.8, 4) is 10.6 Å². The molecule has 0 unspecified atom stereocenters. The van der Waals surface area contributed by atoms with E-state index in [1.807, 2.05) is 41.8 Å². The molecule has 0 aliphatic heterocycles. The van der Waals surface area contributed by atoms with Gasteiger partial charge in [0.25, 0.3) is 0 Å². The van der Waals surface area contributed by atoms with Crippen LogP contribution in [0.2, 0.25) is 0 Å². The molecule has 0 amide bonds. The maximum atomic E-state index is 12.6. The van der Waals surface area contributed by atoms with Crippen molar-refractivity contribution in [2.24, 2.45) is 0 Å². The van der Waals surface area contributed by atoms with E-state index in [9.17, 15) is 9.59 Å².